The summed E-state index contributed by atoms with van der Waals surface area (Å²) in [5.74, 6) is 0.605. The maximum Gasteiger partial charge on any atom is 0.262 e. The van der Waals surface area contributed by atoms with E-state index in [1.165, 1.54) is 17.5 Å². The molecular weight excluding hydrogens is 416 g/mol. The molecule has 0 saturated carbocycles. The topological polar surface area (TPSA) is 84.9 Å². The van der Waals surface area contributed by atoms with Crippen LogP contribution in [0.5, 0.6) is 11.5 Å². The minimum Gasteiger partial charge on any atom is -0.495 e. The molecule has 1 N–H and O–H groups in total. The van der Waals surface area contributed by atoms with Crippen molar-refractivity contribution in [2.75, 3.05) is 32.1 Å². The first-order valence-electron chi connectivity index (χ1n) is 9.18. The van der Waals surface area contributed by atoms with E-state index in [9.17, 15) is 13.2 Å². The molecule has 0 unspecified atom stereocenters. The number of ether oxygens (including phenoxy) is 2. The van der Waals surface area contributed by atoms with E-state index in [2.05, 4.69) is 5.32 Å². The molecule has 1 amide bonds. The Morgan fingerprint density at radius 2 is 1.83 bits per heavy atom. The monoisotopic (exact) mass is 438 g/mol. The number of carbonyl (C=O) groups excluding carboxylic acids is 1. The number of anilines is 1. The lowest BCUT2D eigenvalue weighted by molar-refractivity contribution is -0.118. The van der Waals surface area contributed by atoms with Gasteiger partial charge in [-0.1, -0.05) is 11.6 Å². The van der Waals surface area contributed by atoms with E-state index in [4.69, 9.17) is 21.1 Å². The molecule has 156 valence electrons. The number of aryl methyl sites for hydroxylation is 1. The van der Waals surface area contributed by atoms with Gasteiger partial charge in [0.2, 0.25) is 10.0 Å². The molecule has 0 atom stereocenters. The summed E-state index contributed by atoms with van der Waals surface area (Å²) >= 11 is 6.05. The zero-order chi connectivity index (χ0) is 21.0. The molecule has 2 aromatic rings. The lowest BCUT2D eigenvalue weighted by Gasteiger charge is -2.17. The van der Waals surface area contributed by atoms with Crippen LogP contribution >= 0.6 is 11.6 Å². The second-order valence-electron chi connectivity index (χ2n) is 6.72. The predicted molar refractivity (Wildman–Crippen MR) is 111 cm³/mol. The molecule has 0 bridgehead atoms. The molecular formula is C20H23ClN2O5S. The highest BCUT2D eigenvalue weighted by Gasteiger charge is 2.27. The number of carbonyl (C=O) groups is 1. The fourth-order valence-electron chi connectivity index (χ4n) is 3.11. The maximum atomic E-state index is 12.6. The third-order valence-corrected chi connectivity index (χ3v) is 6.83. The first-order valence-corrected chi connectivity index (χ1v) is 11.0. The van der Waals surface area contributed by atoms with Crippen LogP contribution in [0.3, 0.4) is 0 Å². The smallest absolute Gasteiger partial charge is 0.262 e. The molecule has 7 nitrogen and oxygen atoms in total. The van der Waals surface area contributed by atoms with Crippen LogP contribution in [0, 0.1) is 6.92 Å². The van der Waals surface area contributed by atoms with Gasteiger partial charge in [-0.15, -0.1) is 0 Å². The largest absolute Gasteiger partial charge is 0.495 e. The molecule has 1 aliphatic heterocycles. The average molecular weight is 439 g/mol. The molecule has 1 aliphatic rings. The fraction of sp³-hybridized carbons (Fsp3) is 0.350. The lowest BCUT2D eigenvalue weighted by Crippen LogP contribution is -2.27. The van der Waals surface area contributed by atoms with E-state index < -0.39 is 10.0 Å². The molecule has 0 aromatic heterocycles. The van der Waals surface area contributed by atoms with Crippen LogP contribution < -0.4 is 14.8 Å². The summed E-state index contributed by atoms with van der Waals surface area (Å²) in [5, 5.41) is 3.08. The molecule has 3 rings (SSSR count). The third-order valence-electron chi connectivity index (χ3n) is 4.64. The van der Waals surface area contributed by atoms with Gasteiger partial charge in [-0.2, -0.15) is 4.31 Å². The Balaban J connectivity index is 1.62. The quantitative estimate of drug-likeness (QED) is 0.715. The fourth-order valence-corrected chi connectivity index (χ4v) is 4.97. The number of nitrogens with one attached hydrogen (secondary N) is 1. The van der Waals surface area contributed by atoms with Crippen molar-refractivity contribution in [3.05, 3.63) is 47.0 Å². The molecule has 1 saturated heterocycles. The number of sulfonamides is 1. The van der Waals surface area contributed by atoms with Crippen LogP contribution in [0.4, 0.5) is 5.69 Å². The Kier molecular flexibility index (Phi) is 6.66. The summed E-state index contributed by atoms with van der Waals surface area (Å²) in [6.07, 6.45) is 1.77. The van der Waals surface area contributed by atoms with Gasteiger partial charge in [0.15, 0.2) is 6.61 Å². The first kappa shape index (κ1) is 21.4. The van der Waals surface area contributed by atoms with Gasteiger partial charge in [0.05, 0.1) is 17.0 Å². The molecule has 2 aromatic carbocycles. The van der Waals surface area contributed by atoms with Gasteiger partial charge in [0.1, 0.15) is 11.5 Å². The molecule has 0 aliphatic carbocycles. The SMILES string of the molecule is COc1ccc(NC(=O)COc2ccc(S(=O)(=O)N3CCCC3)cc2C)cc1Cl. The molecule has 1 fully saturated rings. The summed E-state index contributed by atoms with van der Waals surface area (Å²) in [7, 11) is -1.97. The zero-order valence-corrected chi connectivity index (χ0v) is 17.8. The number of nitrogens with zero attached hydrogens (tertiary/aromatic N) is 1. The summed E-state index contributed by atoms with van der Waals surface area (Å²) in [6, 6.07) is 9.58. The number of benzene rings is 2. The van der Waals surface area contributed by atoms with Crippen molar-refractivity contribution >= 4 is 33.2 Å². The van der Waals surface area contributed by atoms with Gasteiger partial charge >= 0.3 is 0 Å². The summed E-state index contributed by atoms with van der Waals surface area (Å²) < 4.78 is 37.4. The van der Waals surface area contributed by atoms with Crippen molar-refractivity contribution in [2.24, 2.45) is 0 Å². The highest BCUT2D eigenvalue weighted by Crippen LogP contribution is 2.28. The van der Waals surface area contributed by atoms with E-state index in [0.29, 0.717) is 40.9 Å². The van der Waals surface area contributed by atoms with Crippen LogP contribution in [0.15, 0.2) is 41.3 Å². The van der Waals surface area contributed by atoms with Crippen molar-refractivity contribution in [1.82, 2.24) is 4.31 Å². The Morgan fingerprint density at radius 3 is 2.45 bits per heavy atom. The maximum absolute atomic E-state index is 12.6. The van der Waals surface area contributed by atoms with Crippen molar-refractivity contribution in [2.45, 2.75) is 24.7 Å². The number of halogens is 1. The van der Waals surface area contributed by atoms with Crippen LogP contribution in [0.25, 0.3) is 0 Å². The van der Waals surface area contributed by atoms with E-state index in [1.807, 2.05) is 0 Å². The molecule has 0 spiro atoms. The average Bonchev–Trinajstić information content (AvgIpc) is 3.23. The summed E-state index contributed by atoms with van der Waals surface area (Å²) in [6.45, 7) is 2.63. The van der Waals surface area contributed by atoms with E-state index in [1.54, 1.807) is 37.3 Å². The van der Waals surface area contributed by atoms with Crippen LogP contribution in [0.1, 0.15) is 18.4 Å². The summed E-state index contributed by atoms with van der Waals surface area (Å²) in [5.41, 5.74) is 1.17. The number of hydrogen-bond acceptors (Lipinski definition) is 5. The van der Waals surface area contributed by atoms with E-state index in [0.717, 1.165) is 12.8 Å². The van der Waals surface area contributed by atoms with Gasteiger partial charge in [0, 0.05) is 18.8 Å². The van der Waals surface area contributed by atoms with Crippen molar-refractivity contribution in [3.8, 4) is 11.5 Å². The van der Waals surface area contributed by atoms with E-state index >= 15 is 0 Å². The Morgan fingerprint density at radius 1 is 1.14 bits per heavy atom. The highest BCUT2D eigenvalue weighted by atomic mass is 35.5. The highest BCUT2D eigenvalue weighted by molar-refractivity contribution is 7.89. The molecule has 0 radical (unpaired) electrons. The first-order chi connectivity index (χ1) is 13.8. The van der Waals surface area contributed by atoms with Crippen LogP contribution in [0.2, 0.25) is 5.02 Å². The Hall–Kier alpha value is -2.29. The van der Waals surface area contributed by atoms with Crippen molar-refractivity contribution in [1.29, 1.82) is 0 Å². The number of hydrogen-bond donors (Lipinski definition) is 1. The zero-order valence-electron chi connectivity index (χ0n) is 16.3. The standard InChI is InChI=1S/C20H23ClN2O5S/c1-14-11-16(29(25,26)23-9-3-4-10-23)6-8-18(14)28-13-20(24)22-15-5-7-19(27-2)17(21)12-15/h5-8,11-12H,3-4,9-10,13H2,1-2H3,(H,22,24). The van der Waals surface area contributed by atoms with Crippen molar-refractivity contribution < 1.29 is 22.7 Å². The van der Waals surface area contributed by atoms with E-state index in [-0.39, 0.29) is 17.4 Å². The number of rotatable bonds is 7. The van der Waals surface area contributed by atoms with Gasteiger partial charge in [-0.05, 0) is 61.7 Å². The molecule has 29 heavy (non-hydrogen) atoms. The van der Waals surface area contributed by atoms with Crippen LogP contribution in [-0.4, -0.2) is 45.4 Å². The lowest BCUT2D eigenvalue weighted by atomic mass is 10.2. The Bertz CT molecular complexity index is 1000. The van der Waals surface area contributed by atoms with Crippen LogP contribution in [-0.2, 0) is 14.8 Å². The van der Waals surface area contributed by atoms with Crippen molar-refractivity contribution in [3.63, 3.8) is 0 Å². The van der Waals surface area contributed by atoms with Gasteiger partial charge in [0.25, 0.3) is 5.91 Å². The minimum absolute atomic E-state index is 0.220. The van der Waals surface area contributed by atoms with Gasteiger partial charge in [-0.3, -0.25) is 4.79 Å². The minimum atomic E-state index is -3.48. The van der Waals surface area contributed by atoms with Gasteiger partial charge < -0.3 is 14.8 Å². The van der Waals surface area contributed by atoms with Gasteiger partial charge in [-0.25, -0.2) is 8.42 Å². The number of amides is 1. The predicted octanol–water partition coefficient (Wildman–Crippen LogP) is 3.46. The second-order valence-corrected chi connectivity index (χ2v) is 9.07. The molecule has 9 heteroatoms. The molecule has 1 heterocycles. The second kappa shape index (κ2) is 9.02. The Labute approximate surface area is 175 Å². The number of methoxy groups -OCH3 is 1. The normalized spacial score (nSPS) is 14.6. The summed E-state index contributed by atoms with van der Waals surface area (Å²) in [4.78, 5) is 12.4. The third kappa shape index (κ3) is 5.01.